The van der Waals surface area contributed by atoms with Gasteiger partial charge in [-0.2, -0.15) is 0 Å². The van der Waals surface area contributed by atoms with Crippen LogP contribution in [0, 0.1) is 0 Å². The molecule has 1 N–H and O–H groups in total. The van der Waals surface area contributed by atoms with E-state index >= 15 is 0 Å². The maximum Gasteiger partial charge on any atom is 0.134 e. The summed E-state index contributed by atoms with van der Waals surface area (Å²) in [5, 5.41) is 11.6. The summed E-state index contributed by atoms with van der Waals surface area (Å²) < 4.78 is 7.52. The molecule has 94 valence electrons. The minimum absolute atomic E-state index is 0.423. The number of hydrogen-bond acceptors (Lipinski definition) is 5. The molecule has 0 radical (unpaired) electrons. The van der Waals surface area contributed by atoms with E-state index < -0.39 is 0 Å². The van der Waals surface area contributed by atoms with Crippen molar-refractivity contribution in [3.05, 3.63) is 36.4 Å². The van der Waals surface area contributed by atoms with Gasteiger partial charge in [-0.3, -0.25) is 4.98 Å². The molecule has 6 nitrogen and oxygen atoms in total. The highest BCUT2D eigenvalue weighted by atomic mass is 16.5. The minimum atomic E-state index is 0.423. The van der Waals surface area contributed by atoms with Crippen LogP contribution < -0.4 is 10.1 Å². The van der Waals surface area contributed by atoms with Crippen LogP contribution in [0.2, 0.25) is 0 Å². The van der Waals surface area contributed by atoms with Gasteiger partial charge in [-0.25, -0.2) is 4.68 Å². The molecule has 1 aliphatic heterocycles. The van der Waals surface area contributed by atoms with Crippen LogP contribution in [-0.2, 0) is 6.61 Å². The molecule has 0 aromatic carbocycles. The Morgan fingerprint density at radius 3 is 3.06 bits per heavy atom. The van der Waals surface area contributed by atoms with Crippen LogP contribution in [0.3, 0.4) is 0 Å². The Bertz CT molecular complexity index is 492. The van der Waals surface area contributed by atoms with Crippen LogP contribution in [0.5, 0.6) is 5.75 Å². The molecule has 3 rings (SSSR count). The van der Waals surface area contributed by atoms with Crippen molar-refractivity contribution in [3.8, 4) is 5.75 Å². The standard InChI is InChI=1S/C12H15N5O/c1-4-14-7-11(1)17-8-10(15-16-17)9-18-12-2-5-13-6-3-12/h2-3,5-6,8,11,14H,1,4,7,9H2. The normalized spacial score (nSPS) is 19.0. The number of nitrogens with zero attached hydrogens (tertiary/aromatic N) is 4. The van der Waals surface area contributed by atoms with E-state index in [4.69, 9.17) is 4.74 Å². The number of hydrogen-bond donors (Lipinski definition) is 1. The number of aromatic nitrogens is 4. The lowest BCUT2D eigenvalue weighted by atomic mass is 10.3. The van der Waals surface area contributed by atoms with Crippen molar-refractivity contribution in [2.24, 2.45) is 0 Å². The maximum atomic E-state index is 5.60. The molecule has 0 aliphatic carbocycles. The molecular weight excluding hydrogens is 230 g/mol. The van der Waals surface area contributed by atoms with Crippen molar-refractivity contribution in [1.82, 2.24) is 25.3 Å². The Hall–Kier alpha value is -1.95. The first kappa shape index (κ1) is 11.2. The molecule has 0 amide bonds. The number of ether oxygens (including phenoxy) is 1. The third-order valence-corrected chi connectivity index (χ3v) is 3.00. The molecule has 2 aromatic rings. The molecule has 0 saturated carbocycles. The quantitative estimate of drug-likeness (QED) is 0.862. The second-order valence-corrected chi connectivity index (χ2v) is 4.31. The minimum Gasteiger partial charge on any atom is -0.487 e. The summed E-state index contributed by atoms with van der Waals surface area (Å²) >= 11 is 0. The summed E-state index contributed by atoms with van der Waals surface area (Å²) in [5.74, 6) is 0.794. The van der Waals surface area contributed by atoms with Crippen LogP contribution in [0.1, 0.15) is 18.2 Å². The molecule has 1 unspecified atom stereocenters. The highest BCUT2D eigenvalue weighted by Crippen LogP contribution is 2.14. The predicted molar refractivity (Wildman–Crippen MR) is 65.1 cm³/mol. The zero-order chi connectivity index (χ0) is 12.2. The summed E-state index contributed by atoms with van der Waals surface area (Å²) in [6.07, 6.45) is 6.47. The maximum absolute atomic E-state index is 5.60. The van der Waals surface area contributed by atoms with Gasteiger partial charge in [0.15, 0.2) is 0 Å². The van der Waals surface area contributed by atoms with Gasteiger partial charge in [0.2, 0.25) is 0 Å². The van der Waals surface area contributed by atoms with Crippen molar-refractivity contribution in [1.29, 1.82) is 0 Å². The van der Waals surface area contributed by atoms with Crippen molar-refractivity contribution < 1.29 is 4.74 Å². The predicted octanol–water partition coefficient (Wildman–Crippen LogP) is 0.786. The Balaban J connectivity index is 1.60. The van der Waals surface area contributed by atoms with E-state index in [0.29, 0.717) is 12.6 Å². The van der Waals surface area contributed by atoms with Crippen molar-refractivity contribution in [3.63, 3.8) is 0 Å². The third kappa shape index (κ3) is 2.48. The molecule has 1 saturated heterocycles. The fourth-order valence-corrected chi connectivity index (χ4v) is 2.01. The molecule has 0 spiro atoms. The summed E-state index contributed by atoms with van der Waals surface area (Å²) in [6.45, 7) is 2.45. The van der Waals surface area contributed by atoms with Gasteiger partial charge in [0, 0.05) is 18.9 Å². The van der Waals surface area contributed by atoms with Gasteiger partial charge in [0.25, 0.3) is 0 Å². The molecule has 0 bridgehead atoms. The number of nitrogens with one attached hydrogen (secondary N) is 1. The summed E-state index contributed by atoms with van der Waals surface area (Å²) in [6, 6.07) is 4.07. The fourth-order valence-electron chi connectivity index (χ4n) is 2.01. The molecule has 1 atom stereocenters. The van der Waals surface area contributed by atoms with E-state index in [1.54, 1.807) is 12.4 Å². The van der Waals surface area contributed by atoms with Gasteiger partial charge in [-0.05, 0) is 25.1 Å². The Kier molecular flexibility index (Phi) is 3.18. The summed E-state index contributed by atoms with van der Waals surface area (Å²) in [7, 11) is 0. The van der Waals surface area contributed by atoms with Gasteiger partial charge >= 0.3 is 0 Å². The average molecular weight is 245 g/mol. The molecule has 1 aliphatic rings. The third-order valence-electron chi connectivity index (χ3n) is 3.00. The highest BCUT2D eigenvalue weighted by molar-refractivity contribution is 5.17. The average Bonchev–Trinajstić information content (AvgIpc) is 3.08. The van der Waals surface area contributed by atoms with Crippen molar-refractivity contribution in [2.75, 3.05) is 13.1 Å². The van der Waals surface area contributed by atoms with E-state index in [2.05, 4.69) is 20.6 Å². The van der Waals surface area contributed by atoms with Crippen LogP contribution in [0.25, 0.3) is 0 Å². The van der Waals surface area contributed by atoms with Crippen LogP contribution in [0.15, 0.2) is 30.7 Å². The van der Waals surface area contributed by atoms with Gasteiger partial charge in [-0.15, -0.1) is 5.10 Å². The van der Waals surface area contributed by atoms with Crippen LogP contribution >= 0.6 is 0 Å². The molecule has 2 aromatic heterocycles. The Morgan fingerprint density at radius 2 is 2.28 bits per heavy atom. The smallest absolute Gasteiger partial charge is 0.134 e. The molecule has 18 heavy (non-hydrogen) atoms. The largest absolute Gasteiger partial charge is 0.487 e. The van der Waals surface area contributed by atoms with Crippen molar-refractivity contribution in [2.45, 2.75) is 19.1 Å². The Labute approximate surface area is 105 Å². The summed E-state index contributed by atoms with van der Waals surface area (Å²) in [5.41, 5.74) is 0.846. The lowest BCUT2D eigenvalue weighted by Gasteiger charge is -2.06. The monoisotopic (exact) mass is 245 g/mol. The van der Waals surface area contributed by atoms with E-state index in [-0.39, 0.29) is 0 Å². The first-order valence-electron chi connectivity index (χ1n) is 6.06. The van der Waals surface area contributed by atoms with E-state index in [1.807, 2.05) is 23.0 Å². The second-order valence-electron chi connectivity index (χ2n) is 4.31. The van der Waals surface area contributed by atoms with E-state index in [1.165, 1.54) is 0 Å². The molecule has 1 fully saturated rings. The second kappa shape index (κ2) is 5.14. The number of pyridine rings is 1. The van der Waals surface area contributed by atoms with Crippen molar-refractivity contribution >= 4 is 0 Å². The molecule has 3 heterocycles. The molecule has 6 heteroatoms. The van der Waals surface area contributed by atoms with Crippen LogP contribution in [0.4, 0.5) is 0 Å². The lowest BCUT2D eigenvalue weighted by Crippen LogP contribution is -2.13. The fraction of sp³-hybridized carbons (Fsp3) is 0.417. The number of rotatable bonds is 4. The van der Waals surface area contributed by atoms with Gasteiger partial charge in [0.05, 0.1) is 12.2 Å². The van der Waals surface area contributed by atoms with Crippen LogP contribution in [-0.4, -0.2) is 33.1 Å². The van der Waals surface area contributed by atoms with Gasteiger partial charge in [0.1, 0.15) is 18.1 Å². The Morgan fingerprint density at radius 1 is 1.39 bits per heavy atom. The van der Waals surface area contributed by atoms with E-state index in [9.17, 15) is 0 Å². The van der Waals surface area contributed by atoms with E-state index in [0.717, 1.165) is 31.0 Å². The van der Waals surface area contributed by atoms with Gasteiger partial charge in [-0.1, -0.05) is 5.21 Å². The lowest BCUT2D eigenvalue weighted by molar-refractivity contribution is 0.301. The zero-order valence-corrected chi connectivity index (χ0v) is 9.99. The first-order chi connectivity index (χ1) is 8.92. The topological polar surface area (TPSA) is 64.9 Å². The zero-order valence-electron chi connectivity index (χ0n) is 9.99. The first-order valence-corrected chi connectivity index (χ1v) is 6.06. The summed E-state index contributed by atoms with van der Waals surface area (Å²) in [4.78, 5) is 3.94. The highest BCUT2D eigenvalue weighted by Gasteiger charge is 2.17. The SMILES string of the molecule is c1cc(OCc2cn(C3CCNC3)nn2)ccn1. The molecular formula is C12H15N5O. The van der Waals surface area contributed by atoms with Gasteiger partial charge < -0.3 is 10.1 Å².